The third kappa shape index (κ3) is 7.20. The number of sulfonamides is 1. The van der Waals surface area contributed by atoms with Crippen molar-refractivity contribution in [3.63, 3.8) is 0 Å². The van der Waals surface area contributed by atoms with E-state index in [2.05, 4.69) is 15.0 Å². The molecule has 0 unspecified atom stereocenters. The quantitative estimate of drug-likeness (QED) is 0.340. The average Bonchev–Trinajstić information content (AvgIpc) is 2.94. The van der Waals surface area contributed by atoms with Crippen molar-refractivity contribution in [2.75, 3.05) is 52.6 Å². The molecule has 2 aromatic rings. The second-order valence-electron chi connectivity index (χ2n) is 11.4. The van der Waals surface area contributed by atoms with Crippen LogP contribution in [0.4, 0.5) is 45.0 Å². The van der Waals surface area contributed by atoms with Crippen LogP contribution in [0.3, 0.4) is 0 Å². The van der Waals surface area contributed by atoms with E-state index in [0.717, 1.165) is 0 Å². The van der Waals surface area contributed by atoms with Gasteiger partial charge in [-0.2, -0.15) is 8.78 Å². The van der Waals surface area contributed by atoms with Gasteiger partial charge in [0.2, 0.25) is 10.0 Å². The third-order valence-corrected chi connectivity index (χ3v) is 9.82. The summed E-state index contributed by atoms with van der Waals surface area (Å²) < 4.78 is 95.2. The Morgan fingerprint density at radius 3 is 2.28 bits per heavy atom. The number of piperidine rings is 2. The Balaban J connectivity index is 1.66. The molecule has 2 fully saturated rings. The minimum Gasteiger partial charge on any atom is -0.395 e. The fraction of sp³-hybridized carbons (Fsp3) is 0.500. The number of hydrogen-bond acceptors (Lipinski definition) is 7. The first kappa shape index (κ1) is 32.5. The smallest absolute Gasteiger partial charge is 0.269 e. The number of rotatable bonds is 8. The molecule has 0 bridgehead atoms. The predicted molar refractivity (Wildman–Crippen MR) is 154 cm³/mol. The number of carbonyl (C=O) groups excluding carboxylic acids is 1. The number of nitrogens with zero attached hydrogens (tertiary/aromatic N) is 3. The van der Waals surface area contributed by atoms with Crippen molar-refractivity contribution in [3.8, 4) is 0 Å². The molecule has 0 atom stereocenters. The highest BCUT2D eigenvalue weighted by molar-refractivity contribution is 7.94. The summed E-state index contributed by atoms with van der Waals surface area (Å²) in [6.07, 6.45) is -2.60. The molecule has 3 N–H and O–H groups in total. The van der Waals surface area contributed by atoms with Gasteiger partial charge in [-0.15, -0.1) is 0 Å². The van der Waals surface area contributed by atoms with Gasteiger partial charge in [0.15, 0.2) is 11.6 Å². The predicted octanol–water partition coefficient (Wildman–Crippen LogP) is 5.28. The monoisotopic (exact) mass is 631 g/mol. The second kappa shape index (κ2) is 12.3. The van der Waals surface area contributed by atoms with E-state index < -0.39 is 57.9 Å². The van der Waals surface area contributed by atoms with Gasteiger partial charge in [-0.1, -0.05) is 0 Å². The summed E-state index contributed by atoms with van der Waals surface area (Å²) in [7, 11) is -4.07. The van der Waals surface area contributed by atoms with Gasteiger partial charge >= 0.3 is 0 Å². The number of amides is 1. The van der Waals surface area contributed by atoms with Crippen LogP contribution in [0.1, 0.15) is 55.5 Å². The molecule has 3 heterocycles. The number of aliphatic hydroxyl groups excluding tert-OH is 1. The molecular weight excluding hydrogens is 597 g/mol. The molecule has 0 spiro atoms. The first-order valence-electron chi connectivity index (χ1n) is 13.7. The van der Waals surface area contributed by atoms with Gasteiger partial charge in [-0.25, -0.2) is 26.6 Å². The van der Waals surface area contributed by atoms with Crippen molar-refractivity contribution in [1.29, 1.82) is 0 Å². The Bertz CT molecular complexity index is 1510. The van der Waals surface area contributed by atoms with E-state index in [9.17, 15) is 40.3 Å². The van der Waals surface area contributed by atoms with Crippen LogP contribution >= 0.6 is 0 Å². The number of aryl methyl sites for hydroxylation is 1. The summed E-state index contributed by atoms with van der Waals surface area (Å²) in [6.45, 7) is 3.49. The van der Waals surface area contributed by atoms with E-state index in [4.69, 9.17) is 0 Å². The lowest BCUT2D eigenvalue weighted by Gasteiger charge is -2.33. The molecule has 2 saturated heterocycles. The molecule has 0 saturated carbocycles. The lowest BCUT2D eigenvalue weighted by molar-refractivity contribution is -0.0222. The number of halogens is 5. The molecule has 1 amide bonds. The van der Waals surface area contributed by atoms with Crippen molar-refractivity contribution in [2.24, 2.45) is 0 Å². The van der Waals surface area contributed by atoms with E-state index in [-0.39, 0.29) is 78.7 Å². The molecule has 236 valence electrons. The second-order valence-corrected chi connectivity index (χ2v) is 13.7. The van der Waals surface area contributed by atoms with E-state index >= 15 is 0 Å². The SMILES string of the molecule is Cc1cc(NC(=O)c2ccc(NS(=O)(=O)C(C)(C)CO)cc2N2CCC(=C(F)F)CC2)nc(N2CCC(F)(F)CC2)c1F. The number of pyridine rings is 1. The molecule has 4 rings (SSSR count). The van der Waals surface area contributed by atoms with Crippen molar-refractivity contribution in [1.82, 2.24) is 4.98 Å². The number of aliphatic hydroxyl groups is 1. The van der Waals surface area contributed by atoms with Gasteiger partial charge in [0, 0.05) is 39.0 Å². The van der Waals surface area contributed by atoms with Gasteiger partial charge in [-0.05, 0) is 69.0 Å². The molecule has 1 aromatic heterocycles. The van der Waals surface area contributed by atoms with Gasteiger partial charge < -0.3 is 20.2 Å². The number of aromatic nitrogens is 1. The molecule has 0 aliphatic carbocycles. The maximum Gasteiger partial charge on any atom is 0.269 e. The topological polar surface area (TPSA) is 115 Å². The van der Waals surface area contributed by atoms with E-state index in [1.54, 1.807) is 4.90 Å². The van der Waals surface area contributed by atoms with Crippen LogP contribution in [0.5, 0.6) is 0 Å². The summed E-state index contributed by atoms with van der Waals surface area (Å²) >= 11 is 0. The number of carbonyl (C=O) groups is 1. The minimum absolute atomic E-state index is 0.00204. The Labute approximate surface area is 246 Å². The molecule has 0 radical (unpaired) electrons. The Hall–Kier alpha value is -3.46. The Kier molecular flexibility index (Phi) is 9.26. The lowest BCUT2D eigenvalue weighted by atomic mass is 10.0. The first-order valence-corrected chi connectivity index (χ1v) is 15.2. The average molecular weight is 632 g/mol. The fourth-order valence-electron chi connectivity index (χ4n) is 4.78. The standard InChI is InChI=1S/C28H34F5N5O4S/c1-17-14-22(34-25(23(17)29)38-12-8-28(32,33)9-13-38)35-26(40)20-5-4-19(36-43(41,42)27(2,3)16-39)15-21(20)37-10-6-18(7-11-37)24(30)31/h4-5,14-15,36,39H,6-13,16H2,1-3H3,(H,34,35,40). The Morgan fingerprint density at radius 1 is 1.07 bits per heavy atom. The van der Waals surface area contributed by atoms with Crippen molar-refractivity contribution in [3.05, 3.63) is 52.9 Å². The highest BCUT2D eigenvalue weighted by Gasteiger charge is 2.36. The maximum absolute atomic E-state index is 15.0. The van der Waals surface area contributed by atoms with Crippen LogP contribution in [0.15, 0.2) is 35.9 Å². The van der Waals surface area contributed by atoms with Gasteiger partial charge in [-0.3, -0.25) is 9.52 Å². The third-order valence-electron chi connectivity index (χ3n) is 7.74. The van der Waals surface area contributed by atoms with E-state index in [1.165, 1.54) is 49.9 Å². The molecule has 43 heavy (non-hydrogen) atoms. The fourth-order valence-corrected chi connectivity index (χ4v) is 5.66. The van der Waals surface area contributed by atoms with Gasteiger partial charge in [0.1, 0.15) is 10.6 Å². The summed E-state index contributed by atoms with van der Waals surface area (Å²) in [5.41, 5.74) is 0.553. The van der Waals surface area contributed by atoms with Crippen LogP contribution in [0.2, 0.25) is 0 Å². The maximum atomic E-state index is 15.0. The zero-order valence-corrected chi connectivity index (χ0v) is 24.8. The summed E-state index contributed by atoms with van der Waals surface area (Å²) in [5, 5.41) is 12.2. The molecule has 15 heteroatoms. The largest absolute Gasteiger partial charge is 0.395 e. The summed E-state index contributed by atoms with van der Waals surface area (Å²) in [5.74, 6) is -4.42. The highest BCUT2D eigenvalue weighted by atomic mass is 32.2. The van der Waals surface area contributed by atoms with Crippen molar-refractivity contribution < 1.29 is 40.3 Å². The number of alkyl halides is 2. The van der Waals surface area contributed by atoms with Crippen LogP contribution in [0.25, 0.3) is 0 Å². The number of anilines is 4. The van der Waals surface area contributed by atoms with Gasteiger partial charge in [0.05, 0.1) is 23.5 Å². The van der Waals surface area contributed by atoms with Crippen LogP contribution < -0.4 is 19.8 Å². The lowest BCUT2D eigenvalue weighted by Crippen LogP contribution is -2.40. The molecular formula is C28H34F5N5O4S. The number of hydrogen-bond donors (Lipinski definition) is 3. The molecule has 9 nitrogen and oxygen atoms in total. The normalized spacial score (nSPS) is 17.6. The minimum atomic E-state index is -4.07. The zero-order chi connectivity index (χ0) is 31.7. The van der Waals surface area contributed by atoms with Crippen LogP contribution in [0, 0.1) is 12.7 Å². The Morgan fingerprint density at radius 2 is 1.70 bits per heavy atom. The highest BCUT2D eigenvalue weighted by Crippen LogP contribution is 2.34. The molecule has 1 aromatic carbocycles. The molecule has 2 aliphatic heterocycles. The van der Waals surface area contributed by atoms with Crippen LogP contribution in [-0.4, -0.2) is 67.9 Å². The van der Waals surface area contributed by atoms with Crippen molar-refractivity contribution >= 4 is 38.9 Å². The van der Waals surface area contributed by atoms with Crippen molar-refractivity contribution in [2.45, 2.75) is 57.1 Å². The molecule has 2 aliphatic rings. The summed E-state index contributed by atoms with van der Waals surface area (Å²) in [6, 6.07) is 5.42. The van der Waals surface area contributed by atoms with Gasteiger partial charge in [0.25, 0.3) is 17.9 Å². The number of nitrogens with one attached hydrogen (secondary N) is 2. The number of benzene rings is 1. The van der Waals surface area contributed by atoms with Crippen LogP contribution in [-0.2, 0) is 10.0 Å². The first-order chi connectivity index (χ1) is 20.0. The van der Waals surface area contributed by atoms with E-state index in [0.29, 0.717) is 0 Å². The summed E-state index contributed by atoms with van der Waals surface area (Å²) in [4.78, 5) is 20.8. The van der Waals surface area contributed by atoms with E-state index in [1.807, 2.05) is 0 Å². The zero-order valence-electron chi connectivity index (χ0n) is 24.0.